The van der Waals surface area contributed by atoms with Gasteiger partial charge < -0.3 is 13.9 Å². The first-order valence-corrected chi connectivity index (χ1v) is 7.32. The largest absolute Gasteiger partial charge is 0.497 e. The average Bonchev–Trinajstić information content (AvgIpc) is 3.03. The van der Waals surface area contributed by atoms with Crippen LogP contribution < -0.4 is 9.47 Å². The highest BCUT2D eigenvalue weighted by molar-refractivity contribution is 5.53. The van der Waals surface area contributed by atoms with Gasteiger partial charge >= 0.3 is 0 Å². The SMILES string of the molecule is COc1ccc(-c2nnc(COc3ccc(C)cc3C)o2)cc1. The fraction of sp³-hybridized carbons (Fsp3) is 0.222. The van der Waals surface area contributed by atoms with Crippen molar-refractivity contribution in [2.24, 2.45) is 0 Å². The molecule has 0 fully saturated rings. The van der Waals surface area contributed by atoms with Gasteiger partial charge in [-0.1, -0.05) is 17.7 Å². The van der Waals surface area contributed by atoms with Gasteiger partial charge in [0.05, 0.1) is 7.11 Å². The van der Waals surface area contributed by atoms with E-state index >= 15 is 0 Å². The fourth-order valence-corrected chi connectivity index (χ4v) is 2.26. The summed E-state index contributed by atoms with van der Waals surface area (Å²) in [6, 6.07) is 13.5. The lowest BCUT2D eigenvalue weighted by Gasteiger charge is -2.07. The number of methoxy groups -OCH3 is 1. The molecule has 3 rings (SSSR count). The molecule has 0 aliphatic heterocycles. The first-order valence-electron chi connectivity index (χ1n) is 7.32. The third-order valence-corrected chi connectivity index (χ3v) is 3.49. The van der Waals surface area contributed by atoms with Crippen LogP contribution in [0.1, 0.15) is 17.0 Å². The van der Waals surface area contributed by atoms with Crippen LogP contribution in [0.3, 0.4) is 0 Å². The van der Waals surface area contributed by atoms with Crippen LogP contribution in [-0.4, -0.2) is 17.3 Å². The summed E-state index contributed by atoms with van der Waals surface area (Å²) < 4.78 is 16.5. The van der Waals surface area contributed by atoms with E-state index in [0.29, 0.717) is 11.8 Å². The normalized spacial score (nSPS) is 10.6. The molecule has 0 saturated carbocycles. The van der Waals surface area contributed by atoms with Crippen molar-refractivity contribution in [2.75, 3.05) is 7.11 Å². The topological polar surface area (TPSA) is 57.4 Å². The van der Waals surface area contributed by atoms with Gasteiger partial charge in [0.2, 0.25) is 5.89 Å². The van der Waals surface area contributed by atoms with Crippen molar-refractivity contribution in [3.63, 3.8) is 0 Å². The Morgan fingerprint density at radius 2 is 1.78 bits per heavy atom. The molecule has 0 saturated heterocycles. The van der Waals surface area contributed by atoms with Gasteiger partial charge in [0.15, 0.2) is 6.61 Å². The maximum Gasteiger partial charge on any atom is 0.254 e. The van der Waals surface area contributed by atoms with Gasteiger partial charge in [0.1, 0.15) is 11.5 Å². The number of benzene rings is 2. The molecule has 0 aliphatic carbocycles. The van der Waals surface area contributed by atoms with E-state index in [2.05, 4.69) is 23.2 Å². The number of hydrogen-bond donors (Lipinski definition) is 0. The minimum atomic E-state index is 0.243. The van der Waals surface area contributed by atoms with Gasteiger partial charge in [-0.3, -0.25) is 0 Å². The summed E-state index contributed by atoms with van der Waals surface area (Å²) in [5, 5.41) is 8.08. The molecule has 1 heterocycles. The minimum Gasteiger partial charge on any atom is -0.497 e. The summed E-state index contributed by atoms with van der Waals surface area (Å²) in [7, 11) is 1.63. The summed E-state index contributed by atoms with van der Waals surface area (Å²) in [5.74, 6) is 2.51. The lowest BCUT2D eigenvalue weighted by atomic mass is 10.1. The molecule has 3 aromatic rings. The summed E-state index contributed by atoms with van der Waals surface area (Å²) >= 11 is 0. The van der Waals surface area contributed by atoms with E-state index < -0.39 is 0 Å². The zero-order valence-electron chi connectivity index (χ0n) is 13.4. The molecule has 0 bridgehead atoms. The van der Waals surface area contributed by atoms with E-state index in [1.807, 2.05) is 43.3 Å². The van der Waals surface area contributed by atoms with Crippen molar-refractivity contribution >= 4 is 0 Å². The Balaban J connectivity index is 1.69. The Hall–Kier alpha value is -2.82. The van der Waals surface area contributed by atoms with Gasteiger partial charge in [-0.25, -0.2) is 0 Å². The fourth-order valence-electron chi connectivity index (χ4n) is 2.26. The molecule has 0 N–H and O–H groups in total. The molecule has 0 spiro atoms. The van der Waals surface area contributed by atoms with Crippen LogP contribution >= 0.6 is 0 Å². The minimum absolute atomic E-state index is 0.243. The highest BCUT2D eigenvalue weighted by Crippen LogP contribution is 2.23. The van der Waals surface area contributed by atoms with Crippen LogP contribution in [-0.2, 0) is 6.61 Å². The maximum atomic E-state index is 5.75. The Bertz CT molecular complexity index is 794. The summed E-state index contributed by atoms with van der Waals surface area (Å²) in [6.45, 7) is 4.31. The van der Waals surface area contributed by atoms with E-state index in [9.17, 15) is 0 Å². The highest BCUT2D eigenvalue weighted by Gasteiger charge is 2.10. The Kier molecular flexibility index (Phi) is 4.28. The zero-order valence-corrected chi connectivity index (χ0v) is 13.4. The molecule has 0 atom stereocenters. The van der Waals surface area contributed by atoms with E-state index in [0.717, 1.165) is 22.6 Å². The number of aryl methyl sites for hydroxylation is 2. The molecule has 0 aliphatic rings. The van der Waals surface area contributed by atoms with Gasteiger partial charge in [0, 0.05) is 5.56 Å². The molecule has 2 aromatic carbocycles. The van der Waals surface area contributed by atoms with Crippen LogP contribution in [0.4, 0.5) is 0 Å². The summed E-state index contributed by atoms with van der Waals surface area (Å²) in [5.41, 5.74) is 3.13. The van der Waals surface area contributed by atoms with Gasteiger partial charge in [-0.05, 0) is 49.7 Å². The molecule has 118 valence electrons. The van der Waals surface area contributed by atoms with Crippen molar-refractivity contribution in [1.82, 2.24) is 10.2 Å². The first kappa shape index (κ1) is 15.1. The number of aromatic nitrogens is 2. The van der Waals surface area contributed by atoms with Crippen LogP contribution in [0.2, 0.25) is 0 Å². The second-order valence-electron chi connectivity index (χ2n) is 5.29. The van der Waals surface area contributed by atoms with Gasteiger partial charge in [-0.15, -0.1) is 10.2 Å². The van der Waals surface area contributed by atoms with E-state index in [1.165, 1.54) is 5.56 Å². The van der Waals surface area contributed by atoms with E-state index in [4.69, 9.17) is 13.9 Å². The molecular weight excluding hydrogens is 292 g/mol. The molecule has 5 heteroatoms. The van der Waals surface area contributed by atoms with Crippen LogP contribution in [0.5, 0.6) is 11.5 Å². The molecule has 0 unspecified atom stereocenters. The number of ether oxygens (including phenoxy) is 2. The maximum absolute atomic E-state index is 5.75. The zero-order chi connectivity index (χ0) is 16.2. The second kappa shape index (κ2) is 6.52. The van der Waals surface area contributed by atoms with Crippen molar-refractivity contribution in [2.45, 2.75) is 20.5 Å². The molecule has 0 radical (unpaired) electrons. The Morgan fingerprint density at radius 1 is 1.00 bits per heavy atom. The molecule has 23 heavy (non-hydrogen) atoms. The summed E-state index contributed by atoms with van der Waals surface area (Å²) in [4.78, 5) is 0. The Morgan fingerprint density at radius 3 is 2.48 bits per heavy atom. The van der Waals surface area contributed by atoms with Crippen molar-refractivity contribution in [1.29, 1.82) is 0 Å². The Labute approximate surface area is 134 Å². The average molecular weight is 310 g/mol. The third-order valence-electron chi connectivity index (χ3n) is 3.49. The van der Waals surface area contributed by atoms with Crippen molar-refractivity contribution in [3.05, 3.63) is 59.5 Å². The lowest BCUT2D eigenvalue weighted by molar-refractivity contribution is 0.263. The van der Waals surface area contributed by atoms with E-state index in [1.54, 1.807) is 7.11 Å². The summed E-state index contributed by atoms with van der Waals surface area (Å²) in [6.07, 6.45) is 0. The van der Waals surface area contributed by atoms with E-state index in [-0.39, 0.29) is 6.61 Å². The predicted molar refractivity (Wildman–Crippen MR) is 86.5 cm³/mol. The third kappa shape index (κ3) is 3.51. The van der Waals surface area contributed by atoms with Crippen LogP contribution in [0, 0.1) is 13.8 Å². The van der Waals surface area contributed by atoms with Crippen molar-refractivity contribution in [3.8, 4) is 23.0 Å². The molecule has 5 nitrogen and oxygen atoms in total. The van der Waals surface area contributed by atoms with Gasteiger partial charge in [-0.2, -0.15) is 0 Å². The van der Waals surface area contributed by atoms with Crippen molar-refractivity contribution < 1.29 is 13.9 Å². The first-order chi connectivity index (χ1) is 11.2. The van der Waals surface area contributed by atoms with Gasteiger partial charge in [0.25, 0.3) is 5.89 Å². The number of hydrogen-bond acceptors (Lipinski definition) is 5. The second-order valence-corrected chi connectivity index (χ2v) is 5.29. The monoisotopic (exact) mass is 310 g/mol. The predicted octanol–water partition coefficient (Wildman–Crippen LogP) is 3.94. The standard InChI is InChI=1S/C18H18N2O3/c1-12-4-9-16(13(2)10-12)22-11-17-19-20-18(23-17)14-5-7-15(21-3)8-6-14/h4-10H,11H2,1-3H3. The number of nitrogens with zero attached hydrogens (tertiary/aromatic N) is 2. The number of rotatable bonds is 5. The smallest absolute Gasteiger partial charge is 0.254 e. The van der Waals surface area contributed by atoms with Crippen LogP contribution in [0.15, 0.2) is 46.9 Å². The van der Waals surface area contributed by atoms with Crippen LogP contribution in [0.25, 0.3) is 11.5 Å². The molecule has 0 amide bonds. The molecule has 1 aromatic heterocycles. The molecular formula is C18H18N2O3. The quantitative estimate of drug-likeness (QED) is 0.714. The highest BCUT2D eigenvalue weighted by atomic mass is 16.5. The lowest BCUT2D eigenvalue weighted by Crippen LogP contribution is -1.97.